The third-order valence-corrected chi connectivity index (χ3v) is 3.47. The van der Waals surface area contributed by atoms with Gasteiger partial charge in [-0.3, -0.25) is 4.40 Å². The molecule has 2 aromatic heterocycles. The first-order valence-corrected chi connectivity index (χ1v) is 6.34. The van der Waals surface area contributed by atoms with E-state index in [1.54, 1.807) is 6.33 Å². The van der Waals surface area contributed by atoms with Crippen molar-refractivity contribution in [2.45, 2.75) is 32.1 Å². The molecular weight excluding hydrogens is 214 g/mol. The predicted octanol–water partition coefficient (Wildman–Crippen LogP) is 2.69. The third-order valence-electron chi connectivity index (χ3n) is 3.47. The minimum atomic E-state index is 0.736. The molecule has 1 aliphatic rings. The lowest BCUT2D eigenvalue weighted by Crippen LogP contribution is -2.15. The Bertz CT molecular complexity index is 488. The summed E-state index contributed by atoms with van der Waals surface area (Å²) in [6, 6.07) is 3.90. The zero-order valence-electron chi connectivity index (χ0n) is 9.88. The first-order valence-electron chi connectivity index (χ1n) is 6.34. The van der Waals surface area contributed by atoms with Gasteiger partial charge in [0.05, 0.1) is 12.8 Å². The van der Waals surface area contributed by atoms with Gasteiger partial charge in [-0.05, 0) is 30.9 Å². The summed E-state index contributed by atoms with van der Waals surface area (Å²) < 4.78 is 7.73. The van der Waals surface area contributed by atoms with Crippen LogP contribution in [0.3, 0.4) is 0 Å². The molecule has 4 heteroatoms. The molecule has 1 saturated carbocycles. The molecule has 90 valence electrons. The summed E-state index contributed by atoms with van der Waals surface area (Å²) in [6.07, 6.45) is 10.4. The molecule has 0 bridgehead atoms. The van der Waals surface area contributed by atoms with Crippen molar-refractivity contribution in [1.82, 2.24) is 14.6 Å². The fourth-order valence-electron chi connectivity index (χ4n) is 2.46. The fourth-order valence-corrected chi connectivity index (χ4v) is 2.46. The average Bonchev–Trinajstić information content (AvgIpc) is 2.85. The standard InChI is InChI=1S/C13H17N3O/c1-2-4-11(5-3-1)9-17-12-6-7-13-15-14-10-16(13)8-12/h6-8,10-11H,1-5,9H2. The number of hydrogen-bond acceptors (Lipinski definition) is 3. The summed E-state index contributed by atoms with van der Waals surface area (Å²) in [5.41, 5.74) is 0.856. The van der Waals surface area contributed by atoms with Crippen molar-refractivity contribution in [3.8, 4) is 5.75 Å². The smallest absolute Gasteiger partial charge is 0.160 e. The number of ether oxygens (including phenoxy) is 1. The van der Waals surface area contributed by atoms with E-state index in [0.29, 0.717) is 0 Å². The predicted molar refractivity (Wildman–Crippen MR) is 65.1 cm³/mol. The summed E-state index contributed by atoms with van der Waals surface area (Å²) in [5.74, 6) is 1.64. The second-order valence-corrected chi connectivity index (χ2v) is 4.78. The maximum atomic E-state index is 5.85. The van der Waals surface area contributed by atoms with Crippen molar-refractivity contribution in [3.05, 3.63) is 24.7 Å². The normalized spacial score (nSPS) is 17.4. The van der Waals surface area contributed by atoms with Crippen molar-refractivity contribution in [3.63, 3.8) is 0 Å². The first-order chi connectivity index (χ1) is 8.42. The van der Waals surface area contributed by atoms with Gasteiger partial charge in [0.1, 0.15) is 12.1 Å². The Morgan fingerprint density at radius 2 is 2.12 bits per heavy atom. The Morgan fingerprint density at radius 1 is 1.24 bits per heavy atom. The third kappa shape index (κ3) is 2.40. The first kappa shape index (κ1) is 10.6. The molecule has 0 amide bonds. The quantitative estimate of drug-likeness (QED) is 0.815. The van der Waals surface area contributed by atoms with Crippen LogP contribution in [0.4, 0.5) is 0 Å². The Morgan fingerprint density at radius 3 is 3.00 bits per heavy atom. The molecule has 0 atom stereocenters. The Balaban J connectivity index is 1.63. The molecular formula is C13H17N3O. The number of hydrogen-bond donors (Lipinski definition) is 0. The van der Waals surface area contributed by atoms with Crippen molar-refractivity contribution >= 4 is 5.65 Å². The van der Waals surface area contributed by atoms with E-state index in [1.165, 1.54) is 32.1 Å². The topological polar surface area (TPSA) is 39.4 Å². The zero-order chi connectivity index (χ0) is 11.5. The highest BCUT2D eigenvalue weighted by atomic mass is 16.5. The number of pyridine rings is 1. The van der Waals surface area contributed by atoms with E-state index in [0.717, 1.165) is 23.9 Å². The van der Waals surface area contributed by atoms with Crippen LogP contribution in [0.15, 0.2) is 24.7 Å². The lowest BCUT2D eigenvalue weighted by Gasteiger charge is -2.21. The minimum Gasteiger partial charge on any atom is -0.492 e. The SMILES string of the molecule is c1cc2nncn2cc1OCC1CCCCC1. The second kappa shape index (κ2) is 4.73. The van der Waals surface area contributed by atoms with Crippen molar-refractivity contribution in [2.75, 3.05) is 6.61 Å². The molecule has 0 saturated heterocycles. The maximum absolute atomic E-state index is 5.85. The summed E-state index contributed by atoms with van der Waals surface area (Å²) in [7, 11) is 0. The summed E-state index contributed by atoms with van der Waals surface area (Å²) >= 11 is 0. The zero-order valence-corrected chi connectivity index (χ0v) is 9.88. The van der Waals surface area contributed by atoms with Crippen molar-refractivity contribution in [2.24, 2.45) is 5.92 Å². The highest BCUT2D eigenvalue weighted by Crippen LogP contribution is 2.24. The number of rotatable bonds is 3. The molecule has 1 aliphatic carbocycles. The van der Waals surface area contributed by atoms with Crippen LogP contribution in [0.2, 0.25) is 0 Å². The van der Waals surface area contributed by atoms with Gasteiger partial charge >= 0.3 is 0 Å². The van der Waals surface area contributed by atoms with Crippen LogP contribution in [-0.4, -0.2) is 21.2 Å². The average molecular weight is 231 g/mol. The lowest BCUT2D eigenvalue weighted by molar-refractivity contribution is 0.208. The van der Waals surface area contributed by atoms with Gasteiger partial charge in [0.25, 0.3) is 0 Å². The van der Waals surface area contributed by atoms with Crippen LogP contribution in [0.1, 0.15) is 32.1 Å². The van der Waals surface area contributed by atoms with Gasteiger partial charge in [-0.25, -0.2) is 0 Å². The number of nitrogens with zero attached hydrogens (tertiary/aromatic N) is 3. The Hall–Kier alpha value is -1.58. The fraction of sp³-hybridized carbons (Fsp3) is 0.538. The maximum Gasteiger partial charge on any atom is 0.160 e. The highest BCUT2D eigenvalue weighted by molar-refractivity contribution is 5.39. The van der Waals surface area contributed by atoms with Crippen LogP contribution < -0.4 is 4.74 Å². The van der Waals surface area contributed by atoms with E-state index in [4.69, 9.17) is 4.74 Å². The molecule has 3 rings (SSSR count). The van der Waals surface area contributed by atoms with Crippen molar-refractivity contribution in [1.29, 1.82) is 0 Å². The van der Waals surface area contributed by atoms with E-state index >= 15 is 0 Å². The molecule has 1 fully saturated rings. The molecule has 17 heavy (non-hydrogen) atoms. The molecule has 0 N–H and O–H groups in total. The molecule has 0 aromatic carbocycles. The minimum absolute atomic E-state index is 0.736. The Kier molecular flexibility index (Phi) is 2.94. The molecule has 0 spiro atoms. The summed E-state index contributed by atoms with van der Waals surface area (Å²) in [6.45, 7) is 0.841. The van der Waals surface area contributed by atoms with Gasteiger partial charge in [-0.2, -0.15) is 0 Å². The Labute approximate surface area is 101 Å². The van der Waals surface area contributed by atoms with Crippen LogP contribution in [-0.2, 0) is 0 Å². The molecule has 0 unspecified atom stereocenters. The van der Waals surface area contributed by atoms with Crippen LogP contribution in [0, 0.1) is 5.92 Å². The van der Waals surface area contributed by atoms with Gasteiger partial charge in [-0.15, -0.1) is 10.2 Å². The van der Waals surface area contributed by atoms with Crippen molar-refractivity contribution < 1.29 is 4.74 Å². The van der Waals surface area contributed by atoms with Gasteiger partial charge in [0.15, 0.2) is 5.65 Å². The summed E-state index contributed by atoms with van der Waals surface area (Å²) in [5, 5.41) is 7.82. The monoisotopic (exact) mass is 231 g/mol. The number of aromatic nitrogens is 3. The van der Waals surface area contributed by atoms with Gasteiger partial charge in [-0.1, -0.05) is 19.3 Å². The van der Waals surface area contributed by atoms with Crippen LogP contribution >= 0.6 is 0 Å². The van der Waals surface area contributed by atoms with Crippen LogP contribution in [0.25, 0.3) is 5.65 Å². The molecule has 2 aromatic rings. The molecule has 4 nitrogen and oxygen atoms in total. The van der Waals surface area contributed by atoms with E-state index in [2.05, 4.69) is 10.2 Å². The van der Waals surface area contributed by atoms with Gasteiger partial charge in [0, 0.05) is 0 Å². The van der Waals surface area contributed by atoms with E-state index in [9.17, 15) is 0 Å². The molecule has 2 heterocycles. The second-order valence-electron chi connectivity index (χ2n) is 4.78. The molecule has 0 radical (unpaired) electrons. The largest absolute Gasteiger partial charge is 0.492 e. The number of fused-ring (bicyclic) bond motifs is 1. The van der Waals surface area contributed by atoms with E-state index < -0.39 is 0 Å². The molecule has 0 aliphatic heterocycles. The highest BCUT2D eigenvalue weighted by Gasteiger charge is 2.13. The van der Waals surface area contributed by atoms with E-state index in [-0.39, 0.29) is 0 Å². The summed E-state index contributed by atoms with van der Waals surface area (Å²) in [4.78, 5) is 0. The van der Waals surface area contributed by atoms with Crippen LogP contribution in [0.5, 0.6) is 5.75 Å². The van der Waals surface area contributed by atoms with Gasteiger partial charge in [0.2, 0.25) is 0 Å². The van der Waals surface area contributed by atoms with Gasteiger partial charge < -0.3 is 4.74 Å². The lowest BCUT2D eigenvalue weighted by atomic mass is 9.90. The van der Waals surface area contributed by atoms with E-state index in [1.807, 2.05) is 22.7 Å².